The highest BCUT2D eigenvalue weighted by molar-refractivity contribution is 5.81. The van der Waals surface area contributed by atoms with Crippen LogP contribution in [0.2, 0.25) is 0 Å². The number of alkyl carbamates (subject to hydrolysis) is 1. The highest BCUT2D eigenvalue weighted by Crippen LogP contribution is 2.44. The van der Waals surface area contributed by atoms with Gasteiger partial charge >= 0.3 is 12.1 Å². The number of ether oxygens (including phenoxy) is 1. The van der Waals surface area contributed by atoms with Crippen molar-refractivity contribution in [1.82, 2.24) is 10.6 Å². The third-order valence-electron chi connectivity index (χ3n) is 6.21. The van der Waals surface area contributed by atoms with Crippen LogP contribution in [0.4, 0.5) is 4.79 Å². The Morgan fingerprint density at radius 2 is 1.48 bits per heavy atom. The molecule has 2 amide bonds. The molecule has 0 bridgehead atoms. The highest BCUT2D eigenvalue weighted by Gasteiger charge is 2.29. The monoisotopic (exact) mass is 452 g/mol. The molecule has 3 N–H and O–H groups in total. The number of benzene rings is 2. The van der Waals surface area contributed by atoms with Gasteiger partial charge in [0, 0.05) is 19.0 Å². The van der Waals surface area contributed by atoms with Crippen LogP contribution in [0, 0.1) is 11.8 Å². The van der Waals surface area contributed by atoms with E-state index in [2.05, 4.69) is 34.9 Å². The lowest BCUT2D eigenvalue weighted by Crippen LogP contribution is -2.41. The molecule has 0 aromatic heterocycles. The SMILES string of the molecule is CCCC(CNC(=O)OCC1c2ccccc2-c2ccccc21)C(=O)NCC(CC)C(=O)O. The molecule has 0 spiro atoms. The van der Waals surface area contributed by atoms with Gasteiger partial charge in [0.05, 0.1) is 11.8 Å². The van der Waals surface area contributed by atoms with Gasteiger partial charge in [0.1, 0.15) is 6.61 Å². The zero-order valence-electron chi connectivity index (χ0n) is 19.2. The summed E-state index contributed by atoms with van der Waals surface area (Å²) in [5.74, 6) is -2.27. The summed E-state index contributed by atoms with van der Waals surface area (Å²) < 4.78 is 5.54. The second-order valence-corrected chi connectivity index (χ2v) is 8.38. The Labute approximate surface area is 194 Å². The molecule has 176 valence electrons. The van der Waals surface area contributed by atoms with Crippen LogP contribution >= 0.6 is 0 Å². The lowest BCUT2D eigenvalue weighted by Gasteiger charge is -2.19. The summed E-state index contributed by atoms with van der Waals surface area (Å²) in [6.07, 6.45) is 1.22. The molecule has 2 aromatic carbocycles. The van der Waals surface area contributed by atoms with E-state index in [1.807, 2.05) is 31.2 Å². The third kappa shape index (κ3) is 5.92. The molecule has 7 heteroatoms. The number of fused-ring (bicyclic) bond motifs is 3. The van der Waals surface area contributed by atoms with Crippen molar-refractivity contribution in [2.45, 2.75) is 39.0 Å². The maximum atomic E-state index is 12.5. The first kappa shape index (κ1) is 24.3. The number of carboxylic acid groups (broad SMARTS) is 1. The first-order chi connectivity index (χ1) is 16.0. The zero-order valence-corrected chi connectivity index (χ0v) is 19.2. The first-order valence-electron chi connectivity index (χ1n) is 11.6. The van der Waals surface area contributed by atoms with Crippen LogP contribution in [0.5, 0.6) is 0 Å². The molecule has 0 radical (unpaired) electrons. The summed E-state index contributed by atoms with van der Waals surface area (Å²) in [6.45, 7) is 4.16. The molecule has 0 heterocycles. The summed E-state index contributed by atoms with van der Waals surface area (Å²) >= 11 is 0. The Hall–Kier alpha value is -3.35. The fourth-order valence-electron chi connectivity index (χ4n) is 4.30. The molecule has 0 saturated carbocycles. The van der Waals surface area contributed by atoms with Crippen LogP contribution in [0.15, 0.2) is 48.5 Å². The van der Waals surface area contributed by atoms with E-state index in [4.69, 9.17) is 9.84 Å². The van der Waals surface area contributed by atoms with Crippen molar-refractivity contribution in [2.75, 3.05) is 19.7 Å². The molecule has 0 saturated heterocycles. The standard InChI is InChI=1S/C26H32N2O5/c1-3-9-18(24(29)27-14-17(4-2)25(30)31)15-28-26(32)33-16-23-21-12-7-5-10-19(21)20-11-6-8-13-22(20)23/h5-8,10-13,17-18,23H,3-4,9,14-16H2,1-2H3,(H,27,29)(H,28,32)(H,30,31). The molecule has 1 aliphatic carbocycles. The van der Waals surface area contributed by atoms with E-state index in [1.165, 1.54) is 0 Å². The second-order valence-electron chi connectivity index (χ2n) is 8.38. The number of carbonyl (C=O) groups is 3. The third-order valence-corrected chi connectivity index (χ3v) is 6.21. The number of hydrogen-bond acceptors (Lipinski definition) is 4. The Balaban J connectivity index is 1.54. The predicted octanol–water partition coefficient (Wildman–Crippen LogP) is 4.17. The van der Waals surface area contributed by atoms with Crippen molar-refractivity contribution < 1.29 is 24.2 Å². The van der Waals surface area contributed by atoms with E-state index in [1.54, 1.807) is 6.92 Å². The smallest absolute Gasteiger partial charge is 0.407 e. The minimum absolute atomic E-state index is 0.0279. The van der Waals surface area contributed by atoms with Crippen molar-refractivity contribution in [2.24, 2.45) is 11.8 Å². The van der Waals surface area contributed by atoms with Crippen LogP contribution in [-0.2, 0) is 14.3 Å². The quantitative estimate of drug-likeness (QED) is 0.475. The van der Waals surface area contributed by atoms with Gasteiger partial charge in [0.25, 0.3) is 0 Å². The zero-order chi connectivity index (χ0) is 23.8. The van der Waals surface area contributed by atoms with Gasteiger partial charge in [-0.05, 0) is 35.1 Å². The molecule has 2 unspecified atom stereocenters. The van der Waals surface area contributed by atoms with Crippen LogP contribution in [0.3, 0.4) is 0 Å². The average Bonchev–Trinajstić information content (AvgIpc) is 3.14. The molecule has 3 rings (SSSR count). The molecular weight excluding hydrogens is 420 g/mol. The van der Waals surface area contributed by atoms with Gasteiger partial charge < -0.3 is 20.5 Å². The second kappa shape index (κ2) is 11.5. The van der Waals surface area contributed by atoms with Gasteiger partial charge in [-0.1, -0.05) is 68.8 Å². The molecule has 0 aliphatic heterocycles. The summed E-state index contributed by atoms with van der Waals surface area (Å²) in [7, 11) is 0. The molecular formula is C26H32N2O5. The lowest BCUT2D eigenvalue weighted by molar-refractivity contribution is -0.141. The van der Waals surface area contributed by atoms with Gasteiger partial charge in [-0.25, -0.2) is 4.79 Å². The van der Waals surface area contributed by atoms with E-state index in [9.17, 15) is 14.4 Å². The van der Waals surface area contributed by atoms with E-state index in [-0.39, 0.29) is 31.5 Å². The molecule has 33 heavy (non-hydrogen) atoms. The van der Waals surface area contributed by atoms with E-state index >= 15 is 0 Å². The summed E-state index contributed by atoms with van der Waals surface area (Å²) in [6, 6.07) is 16.3. The number of amides is 2. The minimum atomic E-state index is -0.929. The molecule has 2 aromatic rings. The summed E-state index contributed by atoms with van der Waals surface area (Å²) in [5.41, 5.74) is 4.60. The minimum Gasteiger partial charge on any atom is -0.481 e. The van der Waals surface area contributed by atoms with E-state index in [0.29, 0.717) is 12.8 Å². The maximum absolute atomic E-state index is 12.5. The Morgan fingerprint density at radius 3 is 2.03 bits per heavy atom. The Morgan fingerprint density at radius 1 is 0.909 bits per heavy atom. The number of carbonyl (C=O) groups excluding carboxylic acids is 2. The van der Waals surface area contributed by atoms with Gasteiger partial charge in [0.15, 0.2) is 0 Å². The largest absolute Gasteiger partial charge is 0.481 e. The predicted molar refractivity (Wildman–Crippen MR) is 126 cm³/mol. The molecule has 0 fully saturated rings. The number of nitrogens with one attached hydrogen (secondary N) is 2. The van der Waals surface area contributed by atoms with Crippen molar-refractivity contribution in [3.05, 3.63) is 59.7 Å². The molecule has 2 atom stereocenters. The van der Waals surface area contributed by atoms with Crippen molar-refractivity contribution >= 4 is 18.0 Å². The Bertz CT molecular complexity index is 945. The van der Waals surface area contributed by atoms with Gasteiger partial charge in [-0.3, -0.25) is 9.59 Å². The fourth-order valence-corrected chi connectivity index (χ4v) is 4.30. The van der Waals surface area contributed by atoms with E-state index in [0.717, 1.165) is 28.7 Å². The number of carboxylic acids is 1. The summed E-state index contributed by atoms with van der Waals surface area (Å²) in [5, 5.41) is 14.6. The van der Waals surface area contributed by atoms with Crippen LogP contribution in [0.1, 0.15) is 50.2 Å². The van der Waals surface area contributed by atoms with Crippen LogP contribution in [0.25, 0.3) is 11.1 Å². The molecule has 7 nitrogen and oxygen atoms in total. The van der Waals surface area contributed by atoms with Crippen LogP contribution < -0.4 is 10.6 Å². The lowest BCUT2D eigenvalue weighted by atomic mass is 9.98. The highest BCUT2D eigenvalue weighted by atomic mass is 16.5. The van der Waals surface area contributed by atoms with Crippen molar-refractivity contribution in [1.29, 1.82) is 0 Å². The summed E-state index contributed by atoms with van der Waals surface area (Å²) in [4.78, 5) is 36.1. The molecule has 1 aliphatic rings. The number of hydrogen-bond donors (Lipinski definition) is 3. The van der Waals surface area contributed by atoms with Crippen molar-refractivity contribution in [3.8, 4) is 11.1 Å². The fraction of sp³-hybridized carbons (Fsp3) is 0.423. The van der Waals surface area contributed by atoms with Gasteiger partial charge in [-0.2, -0.15) is 0 Å². The van der Waals surface area contributed by atoms with Crippen LogP contribution in [-0.4, -0.2) is 42.8 Å². The first-order valence-corrected chi connectivity index (χ1v) is 11.6. The maximum Gasteiger partial charge on any atom is 0.407 e. The topological polar surface area (TPSA) is 105 Å². The van der Waals surface area contributed by atoms with E-state index < -0.39 is 23.9 Å². The van der Waals surface area contributed by atoms with Crippen molar-refractivity contribution in [3.63, 3.8) is 0 Å². The normalized spacial score (nSPS) is 14.0. The number of rotatable bonds is 11. The average molecular weight is 453 g/mol. The van der Waals surface area contributed by atoms with Gasteiger partial charge in [0.2, 0.25) is 5.91 Å². The van der Waals surface area contributed by atoms with Gasteiger partial charge in [-0.15, -0.1) is 0 Å². The number of aliphatic carboxylic acids is 1. The Kier molecular flexibility index (Phi) is 8.46.